The lowest BCUT2D eigenvalue weighted by molar-refractivity contribution is 0.786. The standard InChI is InChI=1S/C22H18BrN5/c23-19-11-13-21(14-12-19)28-22(24-25-26-28)15-16-27(20-9-5-2-6-10-20)17-18-7-3-1-4-8-18/h1-16H,17H2/b16-15+. The summed E-state index contributed by atoms with van der Waals surface area (Å²) in [7, 11) is 0. The zero-order valence-corrected chi connectivity index (χ0v) is 16.6. The lowest BCUT2D eigenvalue weighted by atomic mass is 10.2. The predicted octanol–water partition coefficient (Wildman–Crippen LogP) is 5.10. The van der Waals surface area contributed by atoms with Gasteiger partial charge in [-0.25, -0.2) is 0 Å². The number of hydrogen-bond donors (Lipinski definition) is 0. The highest BCUT2D eigenvalue weighted by molar-refractivity contribution is 9.10. The van der Waals surface area contributed by atoms with E-state index in [0.717, 1.165) is 22.4 Å². The van der Waals surface area contributed by atoms with Crippen LogP contribution in [0.1, 0.15) is 11.4 Å². The van der Waals surface area contributed by atoms with Crippen molar-refractivity contribution in [2.45, 2.75) is 6.54 Å². The van der Waals surface area contributed by atoms with Gasteiger partial charge in [0.15, 0.2) is 5.82 Å². The summed E-state index contributed by atoms with van der Waals surface area (Å²) in [5, 5.41) is 12.1. The van der Waals surface area contributed by atoms with Gasteiger partial charge in [-0.15, -0.1) is 5.10 Å². The maximum atomic E-state index is 4.16. The Bertz CT molecular complexity index is 1040. The molecule has 0 saturated carbocycles. The minimum Gasteiger partial charge on any atom is -0.343 e. The average Bonchev–Trinajstić information content (AvgIpc) is 3.21. The van der Waals surface area contributed by atoms with Crippen LogP contribution in [0.5, 0.6) is 0 Å². The number of para-hydroxylation sites is 1. The Morgan fingerprint density at radius 1 is 0.857 bits per heavy atom. The number of anilines is 1. The molecule has 138 valence electrons. The monoisotopic (exact) mass is 431 g/mol. The van der Waals surface area contributed by atoms with Crippen LogP contribution in [-0.2, 0) is 6.54 Å². The Morgan fingerprint density at radius 3 is 2.25 bits per heavy atom. The summed E-state index contributed by atoms with van der Waals surface area (Å²) in [5.41, 5.74) is 3.23. The van der Waals surface area contributed by atoms with Crippen molar-refractivity contribution in [2.24, 2.45) is 0 Å². The molecule has 0 aliphatic rings. The number of benzene rings is 3. The summed E-state index contributed by atoms with van der Waals surface area (Å²) in [6.07, 6.45) is 3.95. The predicted molar refractivity (Wildman–Crippen MR) is 115 cm³/mol. The summed E-state index contributed by atoms with van der Waals surface area (Å²) < 4.78 is 2.73. The quantitative estimate of drug-likeness (QED) is 0.425. The first-order valence-corrected chi connectivity index (χ1v) is 9.67. The summed E-state index contributed by atoms with van der Waals surface area (Å²) in [4.78, 5) is 2.18. The molecule has 6 heteroatoms. The molecule has 0 aliphatic carbocycles. The lowest BCUT2D eigenvalue weighted by Gasteiger charge is -2.20. The molecular weight excluding hydrogens is 414 g/mol. The number of tetrazole rings is 1. The fourth-order valence-corrected chi connectivity index (χ4v) is 3.11. The third-order valence-corrected chi connectivity index (χ3v) is 4.78. The van der Waals surface area contributed by atoms with Crippen molar-refractivity contribution in [3.05, 3.63) is 107 Å². The molecule has 0 radical (unpaired) electrons. The number of hydrogen-bond acceptors (Lipinski definition) is 4. The number of nitrogens with zero attached hydrogens (tertiary/aromatic N) is 5. The van der Waals surface area contributed by atoms with Crippen LogP contribution in [0.3, 0.4) is 0 Å². The number of aromatic nitrogens is 4. The molecule has 1 heterocycles. The highest BCUT2D eigenvalue weighted by Gasteiger charge is 2.08. The average molecular weight is 432 g/mol. The third-order valence-electron chi connectivity index (χ3n) is 4.25. The summed E-state index contributed by atoms with van der Waals surface area (Å²) in [6, 6.07) is 28.5. The van der Waals surface area contributed by atoms with E-state index in [1.165, 1.54) is 5.56 Å². The Hall–Kier alpha value is -3.25. The molecule has 0 atom stereocenters. The molecule has 0 saturated heterocycles. The molecule has 0 amide bonds. The molecule has 0 fully saturated rings. The fraction of sp³-hybridized carbons (Fsp3) is 0.0455. The van der Waals surface area contributed by atoms with Crippen LogP contribution in [0.2, 0.25) is 0 Å². The first-order chi connectivity index (χ1) is 13.8. The summed E-state index contributed by atoms with van der Waals surface area (Å²) in [6.45, 7) is 0.751. The molecular formula is C22H18BrN5. The van der Waals surface area contributed by atoms with Gasteiger partial charge < -0.3 is 4.90 Å². The van der Waals surface area contributed by atoms with E-state index in [1.807, 2.05) is 60.8 Å². The third kappa shape index (κ3) is 4.35. The van der Waals surface area contributed by atoms with Crippen molar-refractivity contribution < 1.29 is 0 Å². The SMILES string of the molecule is Brc1ccc(-n2nnnc2/C=C/N(Cc2ccccc2)c2ccccc2)cc1. The molecule has 4 aromatic rings. The second kappa shape index (κ2) is 8.63. The Morgan fingerprint density at radius 2 is 1.54 bits per heavy atom. The maximum Gasteiger partial charge on any atom is 0.181 e. The van der Waals surface area contributed by atoms with E-state index in [0.29, 0.717) is 5.82 Å². The van der Waals surface area contributed by atoms with Crippen LogP contribution in [0.4, 0.5) is 5.69 Å². The Labute approximate surface area is 172 Å². The number of rotatable bonds is 6. The van der Waals surface area contributed by atoms with Gasteiger partial charge in [0.25, 0.3) is 0 Å². The van der Waals surface area contributed by atoms with Crippen molar-refractivity contribution in [1.29, 1.82) is 0 Å². The first-order valence-electron chi connectivity index (χ1n) is 8.88. The minimum absolute atomic E-state index is 0.663. The minimum atomic E-state index is 0.663. The van der Waals surface area contributed by atoms with E-state index in [2.05, 4.69) is 72.8 Å². The van der Waals surface area contributed by atoms with Crippen molar-refractivity contribution >= 4 is 27.7 Å². The van der Waals surface area contributed by atoms with E-state index in [9.17, 15) is 0 Å². The van der Waals surface area contributed by atoms with Gasteiger partial charge >= 0.3 is 0 Å². The van der Waals surface area contributed by atoms with E-state index in [4.69, 9.17) is 0 Å². The van der Waals surface area contributed by atoms with Crippen LogP contribution < -0.4 is 4.90 Å². The van der Waals surface area contributed by atoms with E-state index < -0.39 is 0 Å². The zero-order valence-electron chi connectivity index (χ0n) is 15.1. The highest BCUT2D eigenvalue weighted by Crippen LogP contribution is 2.19. The number of halogens is 1. The van der Waals surface area contributed by atoms with Crippen molar-refractivity contribution in [3.8, 4) is 5.69 Å². The smallest absolute Gasteiger partial charge is 0.181 e. The molecule has 0 unspecified atom stereocenters. The van der Waals surface area contributed by atoms with E-state index in [1.54, 1.807) is 4.68 Å². The molecule has 3 aromatic carbocycles. The van der Waals surface area contributed by atoms with Gasteiger partial charge in [0, 0.05) is 29.0 Å². The van der Waals surface area contributed by atoms with E-state index >= 15 is 0 Å². The fourth-order valence-electron chi connectivity index (χ4n) is 2.85. The molecule has 1 aromatic heterocycles. The van der Waals surface area contributed by atoms with Gasteiger partial charge in [-0.1, -0.05) is 64.5 Å². The van der Waals surface area contributed by atoms with Gasteiger partial charge in [0.2, 0.25) is 0 Å². The van der Waals surface area contributed by atoms with Crippen LogP contribution in [0, 0.1) is 0 Å². The van der Waals surface area contributed by atoms with Crippen molar-refractivity contribution in [1.82, 2.24) is 20.2 Å². The van der Waals surface area contributed by atoms with Crippen molar-refractivity contribution in [3.63, 3.8) is 0 Å². The molecule has 5 nitrogen and oxygen atoms in total. The Balaban J connectivity index is 1.63. The molecule has 28 heavy (non-hydrogen) atoms. The van der Waals surface area contributed by atoms with Gasteiger partial charge in [-0.3, -0.25) is 0 Å². The van der Waals surface area contributed by atoms with Crippen LogP contribution in [0.15, 0.2) is 95.6 Å². The summed E-state index contributed by atoms with van der Waals surface area (Å²) in [5.74, 6) is 0.663. The second-order valence-corrected chi connectivity index (χ2v) is 7.11. The van der Waals surface area contributed by atoms with Gasteiger partial charge in [-0.05, 0) is 52.4 Å². The maximum absolute atomic E-state index is 4.16. The molecule has 4 rings (SSSR count). The second-order valence-electron chi connectivity index (χ2n) is 6.19. The van der Waals surface area contributed by atoms with Crippen molar-refractivity contribution in [2.75, 3.05) is 4.90 Å². The normalized spacial score (nSPS) is 11.0. The van der Waals surface area contributed by atoms with Crippen LogP contribution in [0.25, 0.3) is 11.8 Å². The molecule has 0 bridgehead atoms. The molecule has 0 N–H and O–H groups in total. The molecule has 0 aliphatic heterocycles. The van der Waals surface area contributed by atoms with Gasteiger partial charge in [0.1, 0.15) is 0 Å². The highest BCUT2D eigenvalue weighted by atomic mass is 79.9. The lowest BCUT2D eigenvalue weighted by Crippen LogP contribution is -2.15. The topological polar surface area (TPSA) is 46.8 Å². The van der Waals surface area contributed by atoms with Gasteiger partial charge in [0.05, 0.1) is 5.69 Å². The van der Waals surface area contributed by atoms with Crippen LogP contribution >= 0.6 is 15.9 Å². The van der Waals surface area contributed by atoms with E-state index in [-0.39, 0.29) is 0 Å². The zero-order chi connectivity index (χ0) is 19.2. The molecule has 0 spiro atoms. The Kier molecular flexibility index (Phi) is 5.58. The largest absolute Gasteiger partial charge is 0.343 e. The first kappa shape index (κ1) is 18.1. The van der Waals surface area contributed by atoms with Crippen LogP contribution in [-0.4, -0.2) is 20.2 Å². The van der Waals surface area contributed by atoms with Gasteiger partial charge in [-0.2, -0.15) is 4.68 Å². The summed E-state index contributed by atoms with van der Waals surface area (Å²) >= 11 is 3.45.